The Hall–Kier alpha value is -1.62. The van der Waals surface area contributed by atoms with E-state index in [1.807, 2.05) is 0 Å². The lowest BCUT2D eigenvalue weighted by Crippen LogP contribution is -2.54. The van der Waals surface area contributed by atoms with Gasteiger partial charge in [-0.05, 0) is 43.0 Å². The van der Waals surface area contributed by atoms with Crippen LogP contribution in [0.3, 0.4) is 0 Å². The summed E-state index contributed by atoms with van der Waals surface area (Å²) in [7, 11) is 0. The lowest BCUT2D eigenvalue weighted by Gasteiger charge is -2.24. The van der Waals surface area contributed by atoms with Crippen LogP contribution in [0.25, 0.3) is 0 Å². The molecule has 92 valence electrons. The van der Waals surface area contributed by atoms with E-state index in [9.17, 15) is 9.18 Å². The van der Waals surface area contributed by atoms with Crippen molar-refractivity contribution >= 4 is 5.97 Å². The van der Waals surface area contributed by atoms with Crippen LogP contribution in [0.15, 0.2) is 24.3 Å². The Morgan fingerprint density at radius 2 is 2.06 bits per heavy atom. The second-order valence-electron chi connectivity index (χ2n) is 4.36. The lowest BCUT2D eigenvalue weighted by molar-refractivity contribution is -0.145. The van der Waals surface area contributed by atoms with E-state index >= 15 is 0 Å². The minimum absolute atomic E-state index is 0.0274. The van der Waals surface area contributed by atoms with Crippen LogP contribution in [-0.2, 0) is 4.79 Å². The van der Waals surface area contributed by atoms with Crippen molar-refractivity contribution in [1.29, 1.82) is 0 Å². The monoisotopic (exact) mass is 239 g/mol. The van der Waals surface area contributed by atoms with Gasteiger partial charge in [0.2, 0.25) is 0 Å². The fourth-order valence-electron chi connectivity index (χ4n) is 1.69. The van der Waals surface area contributed by atoms with Gasteiger partial charge in [-0.2, -0.15) is 0 Å². The zero-order valence-corrected chi connectivity index (χ0v) is 9.23. The predicted octanol–water partition coefficient (Wildman–Crippen LogP) is 1.40. The van der Waals surface area contributed by atoms with Crippen molar-refractivity contribution in [2.45, 2.75) is 18.4 Å². The molecule has 5 heteroatoms. The van der Waals surface area contributed by atoms with E-state index in [-0.39, 0.29) is 18.3 Å². The number of carboxylic acid groups (broad SMARTS) is 1. The maximum atomic E-state index is 12.7. The van der Waals surface area contributed by atoms with E-state index in [1.54, 1.807) is 0 Å². The van der Waals surface area contributed by atoms with Crippen LogP contribution in [0.4, 0.5) is 4.39 Å². The molecule has 17 heavy (non-hydrogen) atoms. The van der Waals surface area contributed by atoms with E-state index in [0.717, 1.165) is 12.8 Å². The van der Waals surface area contributed by atoms with Crippen molar-refractivity contribution in [3.63, 3.8) is 0 Å². The molecular formula is C12H14FNO3. The van der Waals surface area contributed by atoms with E-state index in [1.165, 1.54) is 24.3 Å². The molecule has 1 aromatic carbocycles. The molecule has 4 nitrogen and oxygen atoms in total. The molecule has 0 heterocycles. The molecule has 1 aromatic rings. The van der Waals surface area contributed by atoms with Gasteiger partial charge in [-0.15, -0.1) is 0 Å². The maximum Gasteiger partial charge on any atom is 0.327 e. The fourth-order valence-corrected chi connectivity index (χ4v) is 1.69. The number of nitrogens with two attached hydrogens (primary N) is 1. The minimum atomic E-state index is -1.34. The summed E-state index contributed by atoms with van der Waals surface area (Å²) in [4.78, 5) is 11.1. The molecule has 1 aliphatic carbocycles. The van der Waals surface area contributed by atoms with Crippen molar-refractivity contribution in [2.75, 3.05) is 6.61 Å². The van der Waals surface area contributed by atoms with Gasteiger partial charge in [-0.3, -0.25) is 4.79 Å². The molecule has 1 saturated carbocycles. The number of aliphatic carboxylic acids is 1. The molecule has 3 N–H and O–H groups in total. The molecule has 0 amide bonds. The SMILES string of the molecule is NC(COc1ccc(F)cc1)(C(=O)O)C1CC1. The molecular weight excluding hydrogens is 225 g/mol. The first kappa shape index (κ1) is 11.9. The van der Waals surface area contributed by atoms with Crippen LogP contribution in [0.2, 0.25) is 0 Å². The molecule has 1 unspecified atom stereocenters. The summed E-state index contributed by atoms with van der Waals surface area (Å²) >= 11 is 0. The van der Waals surface area contributed by atoms with Crippen LogP contribution < -0.4 is 10.5 Å². The zero-order chi connectivity index (χ0) is 12.5. The first-order chi connectivity index (χ1) is 8.02. The molecule has 1 aliphatic rings. The Morgan fingerprint density at radius 3 is 2.53 bits per heavy atom. The van der Waals surface area contributed by atoms with Crippen molar-refractivity contribution in [3.05, 3.63) is 30.1 Å². The third-order valence-electron chi connectivity index (χ3n) is 3.00. The third-order valence-corrected chi connectivity index (χ3v) is 3.00. The number of ether oxygens (including phenoxy) is 1. The largest absolute Gasteiger partial charge is 0.491 e. The molecule has 2 rings (SSSR count). The average molecular weight is 239 g/mol. The van der Waals surface area contributed by atoms with E-state index in [2.05, 4.69) is 0 Å². The Bertz CT molecular complexity index is 416. The normalized spacial score (nSPS) is 18.5. The van der Waals surface area contributed by atoms with Gasteiger partial charge in [-0.1, -0.05) is 0 Å². The van der Waals surface area contributed by atoms with Crippen molar-refractivity contribution < 1.29 is 19.0 Å². The Kier molecular flexibility index (Phi) is 3.02. The van der Waals surface area contributed by atoms with Crippen molar-refractivity contribution in [1.82, 2.24) is 0 Å². The van der Waals surface area contributed by atoms with Gasteiger partial charge in [0, 0.05) is 0 Å². The second-order valence-corrected chi connectivity index (χ2v) is 4.36. The van der Waals surface area contributed by atoms with Crippen LogP contribution >= 0.6 is 0 Å². The molecule has 0 radical (unpaired) electrons. The molecule has 0 spiro atoms. The standard InChI is InChI=1S/C12H14FNO3/c13-9-3-5-10(6-4-9)17-7-12(14,11(15)16)8-1-2-8/h3-6,8H,1-2,7,14H2,(H,15,16). The van der Waals surface area contributed by atoms with Gasteiger partial charge in [-0.25, -0.2) is 4.39 Å². The summed E-state index contributed by atoms with van der Waals surface area (Å²) in [6.07, 6.45) is 1.63. The van der Waals surface area contributed by atoms with E-state index in [0.29, 0.717) is 5.75 Å². The number of carbonyl (C=O) groups is 1. The molecule has 0 aromatic heterocycles. The number of carboxylic acids is 1. The lowest BCUT2D eigenvalue weighted by atomic mass is 9.96. The zero-order valence-electron chi connectivity index (χ0n) is 9.23. The number of halogens is 1. The number of rotatable bonds is 5. The first-order valence-corrected chi connectivity index (χ1v) is 5.43. The summed E-state index contributed by atoms with van der Waals surface area (Å²) in [5.41, 5.74) is 4.49. The topological polar surface area (TPSA) is 72.5 Å². The van der Waals surface area contributed by atoms with Gasteiger partial charge < -0.3 is 15.6 Å². The Balaban J connectivity index is 2.00. The van der Waals surface area contributed by atoms with Gasteiger partial charge in [0.15, 0.2) is 5.54 Å². The van der Waals surface area contributed by atoms with Crippen molar-refractivity contribution in [2.24, 2.45) is 11.7 Å². The van der Waals surface area contributed by atoms with Crippen LogP contribution in [0.1, 0.15) is 12.8 Å². The minimum Gasteiger partial charge on any atom is -0.491 e. The highest BCUT2D eigenvalue weighted by Gasteiger charge is 2.49. The number of hydrogen-bond donors (Lipinski definition) is 2. The van der Waals surface area contributed by atoms with Gasteiger partial charge in [0.05, 0.1) is 0 Å². The Labute approximate surface area is 98.2 Å². The molecule has 0 aliphatic heterocycles. The maximum absolute atomic E-state index is 12.7. The smallest absolute Gasteiger partial charge is 0.327 e. The molecule has 1 fully saturated rings. The number of hydrogen-bond acceptors (Lipinski definition) is 3. The van der Waals surface area contributed by atoms with Crippen LogP contribution in [-0.4, -0.2) is 23.2 Å². The summed E-state index contributed by atoms with van der Waals surface area (Å²) in [6.45, 7) is -0.0986. The molecule has 0 saturated heterocycles. The molecule has 1 atom stereocenters. The summed E-state index contributed by atoms with van der Waals surface area (Å²) in [6, 6.07) is 5.41. The fraction of sp³-hybridized carbons (Fsp3) is 0.417. The van der Waals surface area contributed by atoms with Crippen LogP contribution in [0, 0.1) is 11.7 Å². The van der Waals surface area contributed by atoms with Gasteiger partial charge >= 0.3 is 5.97 Å². The summed E-state index contributed by atoms with van der Waals surface area (Å²) < 4.78 is 18.0. The van der Waals surface area contributed by atoms with Gasteiger partial charge in [0.25, 0.3) is 0 Å². The highest BCUT2D eigenvalue weighted by Crippen LogP contribution is 2.38. The summed E-state index contributed by atoms with van der Waals surface area (Å²) in [5.74, 6) is -1.03. The average Bonchev–Trinajstić information content (AvgIpc) is 3.11. The van der Waals surface area contributed by atoms with E-state index < -0.39 is 11.5 Å². The Morgan fingerprint density at radius 1 is 1.47 bits per heavy atom. The second kappa shape index (κ2) is 4.33. The number of benzene rings is 1. The highest BCUT2D eigenvalue weighted by atomic mass is 19.1. The van der Waals surface area contributed by atoms with Gasteiger partial charge in [0.1, 0.15) is 18.2 Å². The highest BCUT2D eigenvalue weighted by molar-refractivity contribution is 5.79. The predicted molar refractivity (Wildman–Crippen MR) is 59.2 cm³/mol. The summed E-state index contributed by atoms with van der Waals surface area (Å²) in [5, 5.41) is 9.10. The first-order valence-electron chi connectivity index (χ1n) is 5.43. The molecule has 0 bridgehead atoms. The quantitative estimate of drug-likeness (QED) is 0.814. The van der Waals surface area contributed by atoms with E-state index in [4.69, 9.17) is 15.6 Å². The van der Waals surface area contributed by atoms with Crippen molar-refractivity contribution in [3.8, 4) is 5.75 Å². The third kappa shape index (κ3) is 2.55. The van der Waals surface area contributed by atoms with Crippen LogP contribution in [0.5, 0.6) is 5.75 Å².